The summed E-state index contributed by atoms with van der Waals surface area (Å²) in [6.07, 6.45) is 1.52. The van der Waals surface area contributed by atoms with Gasteiger partial charge in [-0.3, -0.25) is 0 Å². The average Bonchev–Trinajstić information content (AvgIpc) is 2.84. The van der Waals surface area contributed by atoms with Crippen LogP contribution in [0.4, 0.5) is 14.9 Å². The number of hydroxylamine groups is 2. The van der Waals surface area contributed by atoms with Crippen molar-refractivity contribution in [3.63, 3.8) is 0 Å². The van der Waals surface area contributed by atoms with E-state index in [-0.39, 0.29) is 23.8 Å². The second kappa shape index (κ2) is 11.5. The standard InChI is InChI=1S/C24H31FN4O6/c1-16(2)32-24(30)35-29-8-6-19(7-9-29)33-22-17(3)23(27-15-26-22)34-21-5-4-18(14-20(21)25)28-10-12-31-13-11-28/h4-5,14-16,19H,6-13H2,1-3H3. The van der Waals surface area contributed by atoms with Crippen molar-refractivity contribution >= 4 is 11.8 Å². The third-order valence-electron chi connectivity index (χ3n) is 5.70. The number of piperidine rings is 1. The van der Waals surface area contributed by atoms with E-state index in [1.807, 2.05) is 6.07 Å². The van der Waals surface area contributed by atoms with E-state index in [1.165, 1.54) is 12.4 Å². The number of aromatic nitrogens is 2. The number of rotatable bonds is 7. The van der Waals surface area contributed by atoms with Crippen molar-refractivity contribution in [3.05, 3.63) is 35.9 Å². The molecule has 2 aliphatic rings. The minimum Gasteiger partial charge on any atom is -0.474 e. The Morgan fingerprint density at radius 1 is 1.11 bits per heavy atom. The van der Waals surface area contributed by atoms with Crippen molar-refractivity contribution in [2.75, 3.05) is 44.3 Å². The first-order valence-corrected chi connectivity index (χ1v) is 11.8. The molecular formula is C24H31FN4O6. The van der Waals surface area contributed by atoms with Gasteiger partial charge in [0.25, 0.3) is 0 Å². The molecule has 2 aromatic rings. The van der Waals surface area contributed by atoms with E-state index in [4.69, 9.17) is 23.8 Å². The number of nitrogens with zero attached hydrogens (tertiary/aromatic N) is 4. The fourth-order valence-electron chi connectivity index (χ4n) is 3.85. The molecule has 0 N–H and O–H groups in total. The molecule has 0 radical (unpaired) electrons. The Kier molecular flexibility index (Phi) is 8.19. The number of carbonyl (C=O) groups is 1. The number of ether oxygens (including phenoxy) is 4. The fraction of sp³-hybridized carbons (Fsp3) is 0.542. The number of benzene rings is 1. The van der Waals surface area contributed by atoms with Gasteiger partial charge in [-0.25, -0.2) is 19.2 Å². The number of hydrogen-bond acceptors (Lipinski definition) is 10. The topological polar surface area (TPSA) is 95.5 Å². The zero-order chi connectivity index (χ0) is 24.8. The first-order chi connectivity index (χ1) is 16.9. The molecule has 0 aliphatic carbocycles. The molecule has 35 heavy (non-hydrogen) atoms. The van der Waals surface area contributed by atoms with Crippen LogP contribution in [0.1, 0.15) is 32.3 Å². The smallest absolute Gasteiger partial charge is 0.474 e. The van der Waals surface area contributed by atoms with E-state index in [2.05, 4.69) is 14.9 Å². The highest BCUT2D eigenvalue weighted by Gasteiger charge is 2.25. The van der Waals surface area contributed by atoms with Crippen molar-refractivity contribution in [2.45, 2.75) is 45.8 Å². The number of halogens is 1. The molecule has 0 saturated carbocycles. The molecule has 0 spiro atoms. The van der Waals surface area contributed by atoms with Crippen molar-refractivity contribution in [1.29, 1.82) is 0 Å². The van der Waals surface area contributed by atoms with E-state index in [9.17, 15) is 9.18 Å². The van der Waals surface area contributed by atoms with E-state index < -0.39 is 12.0 Å². The highest BCUT2D eigenvalue weighted by atomic mass is 19.1. The first kappa shape index (κ1) is 24.9. The van der Waals surface area contributed by atoms with Gasteiger partial charge in [0.1, 0.15) is 12.4 Å². The molecule has 2 saturated heterocycles. The zero-order valence-electron chi connectivity index (χ0n) is 20.2. The zero-order valence-corrected chi connectivity index (χ0v) is 20.2. The van der Waals surface area contributed by atoms with Crippen LogP contribution < -0.4 is 14.4 Å². The minimum absolute atomic E-state index is 0.0773. The second-order valence-corrected chi connectivity index (χ2v) is 8.68. The number of morpholine rings is 1. The molecule has 2 aliphatic heterocycles. The van der Waals surface area contributed by atoms with Crippen molar-refractivity contribution in [2.24, 2.45) is 0 Å². The Bertz CT molecular complexity index is 1010. The molecular weight excluding hydrogens is 459 g/mol. The van der Waals surface area contributed by atoms with Gasteiger partial charge in [0.2, 0.25) is 11.8 Å². The van der Waals surface area contributed by atoms with Crippen LogP contribution in [-0.2, 0) is 14.3 Å². The summed E-state index contributed by atoms with van der Waals surface area (Å²) < 4.78 is 37.0. The molecule has 0 amide bonds. The molecule has 3 heterocycles. The number of hydrogen-bond donors (Lipinski definition) is 0. The third kappa shape index (κ3) is 6.70. The van der Waals surface area contributed by atoms with Crippen LogP contribution in [0, 0.1) is 12.7 Å². The Labute approximate surface area is 203 Å². The predicted molar refractivity (Wildman–Crippen MR) is 124 cm³/mol. The number of carbonyl (C=O) groups excluding carboxylic acids is 1. The first-order valence-electron chi connectivity index (χ1n) is 11.8. The largest absolute Gasteiger partial charge is 0.528 e. The van der Waals surface area contributed by atoms with Crippen LogP contribution in [0.2, 0.25) is 0 Å². The van der Waals surface area contributed by atoms with Crippen LogP contribution in [0.3, 0.4) is 0 Å². The lowest BCUT2D eigenvalue weighted by Gasteiger charge is -2.30. The monoisotopic (exact) mass is 490 g/mol. The van der Waals surface area contributed by atoms with Crippen molar-refractivity contribution < 1.29 is 33.0 Å². The molecule has 11 heteroatoms. The molecule has 0 bridgehead atoms. The highest BCUT2D eigenvalue weighted by Crippen LogP contribution is 2.32. The predicted octanol–water partition coefficient (Wildman–Crippen LogP) is 3.87. The Hall–Kier alpha value is -3.18. The Morgan fingerprint density at radius 2 is 1.83 bits per heavy atom. The normalized spacial score (nSPS) is 17.3. The van der Waals surface area contributed by atoms with Crippen LogP contribution in [0.5, 0.6) is 17.5 Å². The van der Waals surface area contributed by atoms with Gasteiger partial charge >= 0.3 is 6.16 Å². The molecule has 190 valence electrons. The van der Waals surface area contributed by atoms with E-state index >= 15 is 0 Å². The van der Waals surface area contributed by atoms with Gasteiger partial charge in [0, 0.05) is 50.8 Å². The lowest BCUT2D eigenvalue weighted by Crippen LogP contribution is -2.40. The van der Waals surface area contributed by atoms with Crippen molar-refractivity contribution in [1.82, 2.24) is 15.0 Å². The number of anilines is 1. The van der Waals surface area contributed by atoms with Gasteiger partial charge in [-0.1, -0.05) is 0 Å². The summed E-state index contributed by atoms with van der Waals surface area (Å²) in [7, 11) is 0. The van der Waals surface area contributed by atoms with Gasteiger partial charge in [-0.2, -0.15) is 0 Å². The van der Waals surface area contributed by atoms with E-state index in [0.717, 1.165) is 18.8 Å². The molecule has 10 nitrogen and oxygen atoms in total. The summed E-state index contributed by atoms with van der Waals surface area (Å²) >= 11 is 0. The molecule has 0 unspecified atom stereocenters. The van der Waals surface area contributed by atoms with Gasteiger partial charge < -0.3 is 28.7 Å². The third-order valence-corrected chi connectivity index (χ3v) is 5.70. The minimum atomic E-state index is -0.710. The van der Waals surface area contributed by atoms with E-state index in [1.54, 1.807) is 31.9 Å². The van der Waals surface area contributed by atoms with Crippen LogP contribution in [0.15, 0.2) is 24.5 Å². The van der Waals surface area contributed by atoms with Crippen LogP contribution in [-0.4, -0.2) is 72.8 Å². The highest BCUT2D eigenvalue weighted by molar-refractivity contribution is 5.59. The van der Waals surface area contributed by atoms with Crippen LogP contribution >= 0.6 is 0 Å². The average molecular weight is 491 g/mol. The molecule has 2 fully saturated rings. The Balaban J connectivity index is 1.34. The molecule has 1 aromatic heterocycles. The second-order valence-electron chi connectivity index (χ2n) is 8.68. The van der Waals surface area contributed by atoms with Gasteiger partial charge in [0.05, 0.1) is 24.9 Å². The molecule has 0 atom stereocenters. The maximum absolute atomic E-state index is 14.8. The fourth-order valence-corrected chi connectivity index (χ4v) is 3.85. The molecule has 4 rings (SSSR count). The summed E-state index contributed by atoms with van der Waals surface area (Å²) in [5, 5.41) is 1.56. The summed E-state index contributed by atoms with van der Waals surface area (Å²) in [6, 6.07) is 4.88. The van der Waals surface area contributed by atoms with Crippen molar-refractivity contribution in [3.8, 4) is 17.5 Å². The quantitative estimate of drug-likeness (QED) is 0.532. The Morgan fingerprint density at radius 3 is 2.51 bits per heavy atom. The summed E-state index contributed by atoms with van der Waals surface area (Å²) in [5.74, 6) is 0.204. The van der Waals surface area contributed by atoms with E-state index in [0.29, 0.717) is 50.6 Å². The lowest BCUT2D eigenvalue weighted by atomic mass is 10.1. The summed E-state index contributed by atoms with van der Waals surface area (Å²) in [5.41, 5.74) is 1.36. The molecule has 1 aromatic carbocycles. The SMILES string of the molecule is Cc1c(Oc2ccc(N3CCOCC3)cc2F)ncnc1OC1CCN(OC(=O)OC(C)C)CC1. The van der Waals surface area contributed by atoms with Gasteiger partial charge in [-0.15, -0.1) is 5.06 Å². The summed E-state index contributed by atoms with van der Waals surface area (Å²) in [6.45, 7) is 9.00. The maximum Gasteiger partial charge on any atom is 0.528 e. The van der Waals surface area contributed by atoms with Gasteiger partial charge in [0.15, 0.2) is 11.6 Å². The summed E-state index contributed by atoms with van der Waals surface area (Å²) in [4.78, 5) is 27.3. The van der Waals surface area contributed by atoms with Crippen LogP contribution in [0.25, 0.3) is 0 Å². The van der Waals surface area contributed by atoms with Gasteiger partial charge in [-0.05, 0) is 32.9 Å². The lowest BCUT2D eigenvalue weighted by molar-refractivity contribution is -0.151. The maximum atomic E-state index is 14.8.